The first kappa shape index (κ1) is 14.2. The molecule has 4 nitrogen and oxygen atoms in total. The van der Waals surface area contributed by atoms with Crippen LogP contribution in [0.1, 0.15) is 15.9 Å². The molecule has 2 rings (SSSR count). The number of hydrogen-bond donors (Lipinski definition) is 3. The number of hydrogen-bond acceptors (Lipinski definition) is 3. The molecule has 0 spiro atoms. The second-order valence-corrected chi connectivity index (χ2v) is 4.96. The molecule has 0 aromatic heterocycles. The van der Waals surface area contributed by atoms with Crippen LogP contribution in [0.3, 0.4) is 0 Å². The van der Waals surface area contributed by atoms with Crippen molar-refractivity contribution in [1.29, 1.82) is 0 Å². The molecule has 5 heteroatoms. The summed E-state index contributed by atoms with van der Waals surface area (Å²) >= 11 is 5.90. The van der Waals surface area contributed by atoms with Crippen molar-refractivity contribution in [3.05, 3.63) is 58.6 Å². The van der Waals surface area contributed by atoms with Crippen molar-refractivity contribution in [2.75, 3.05) is 18.0 Å². The Kier molecular flexibility index (Phi) is 4.48. The topological polar surface area (TPSA) is 81.1 Å². The van der Waals surface area contributed by atoms with E-state index in [9.17, 15) is 4.79 Å². The van der Waals surface area contributed by atoms with Gasteiger partial charge in [0, 0.05) is 28.5 Å². The quantitative estimate of drug-likeness (QED) is 0.756. The van der Waals surface area contributed by atoms with E-state index in [2.05, 4.69) is 5.32 Å². The smallest absolute Gasteiger partial charge is 0.251 e. The van der Waals surface area contributed by atoms with Crippen molar-refractivity contribution in [1.82, 2.24) is 5.32 Å². The first-order chi connectivity index (χ1) is 9.54. The van der Waals surface area contributed by atoms with Gasteiger partial charge in [0.2, 0.25) is 0 Å². The molecule has 5 N–H and O–H groups in total. The van der Waals surface area contributed by atoms with Gasteiger partial charge in [0.25, 0.3) is 5.91 Å². The van der Waals surface area contributed by atoms with Crippen LogP contribution in [0.15, 0.2) is 42.5 Å². The average molecular weight is 290 g/mol. The van der Waals surface area contributed by atoms with E-state index in [1.807, 2.05) is 24.3 Å². The first-order valence-corrected chi connectivity index (χ1v) is 6.61. The molecule has 0 radical (unpaired) electrons. The maximum Gasteiger partial charge on any atom is 0.251 e. The second kappa shape index (κ2) is 6.30. The summed E-state index contributed by atoms with van der Waals surface area (Å²) < 4.78 is 0. The SMILES string of the molecule is Nc1cc(N)cc(C(=O)NCCc2cccc(Cl)c2)c1. The van der Waals surface area contributed by atoms with Crippen molar-refractivity contribution < 1.29 is 4.79 Å². The van der Waals surface area contributed by atoms with E-state index in [-0.39, 0.29) is 5.91 Å². The summed E-state index contributed by atoms with van der Waals surface area (Å²) in [4.78, 5) is 12.0. The van der Waals surface area contributed by atoms with Crippen LogP contribution >= 0.6 is 11.6 Å². The van der Waals surface area contributed by atoms with Gasteiger partial charge >= 0.3 is 0 Å². The van der Waals surface area contributed by atoms with Crippen molar-refractivity contribution >= 4 is 28.9 Å². The number of amides is 1. The molecule has 2 aromatic rings. The van der Waals surface area contributed by atoms with Crippen LogP contribution in [0, 0.1) is 0 Å². The van der Waals surface area contributed by atoms with Crippen molar-refractivity contribution in [3.8, 4) is 0 Å². The molecule has 0 atom stereocenters. The summed E-state index contributed by atoms with van der Waals surface area (Å²) in [6, 6.07) is 12.4. The normalized spacial score (nSPS) is 10.2. The number of benzene rings is 2. The van der Waals surface area contributed by atoms with Gasteiger partial charge in [0.05, 0.1) is 0 Å². The van der Waals surface area contributed by atoms with Crippen LogP contribution in [0.4, 0.5) is 11.4 Å². The van der Waals surface area contributed by atoms with Gasteiger partial charge in [-0.25, -0.2) is 0 Å². The number of anilines is 2. The van der Waals surface area contributed by atoms with Crippen LogP contribution in [0.5, 0.6) is 0 Å². The third-order valence-electron chi connectivity index (χ3n) is 2.83. The van der Waals surface area contributed by atoms with Crippen LogP contribution in [-0.4, -0.2) is 12.5 Å². The lowest BCUT2D eigenvalue weighted by Crippen LogP contribution is -2.25. The van der Waals surface area contributed by atoms with Crippen LogP contribution in [-0.2, 0) is 6.42 Å². The molecule has 0 aliphatic heterocycles. The fourth-order valence-corrected chi connectivity index (χ4v) is 2.14. The summed E-state index contributed by atoms with van der Waals surface area (Å²) in [7, 11) is 0. The molecule has 0 heterocycles. The number of rotatable bonds is 4. The fraction of sp³-hybridized carbons (Fsp3) is 0.133. The summed E-state index contributed by atoms with van der Waals surface area (Å²) in [5.41, 5.74) is 13.8. The standard InChI is InChI=1S/C15H16ClN3O/c16-12-3-1-2-10(6-12)4-5-19-15(20)11-7-13(17)9-14(18)8-11/h1-3,6-9H,4-5,17-18H2,(H,19,20). The van der Waals surface area contributed by atoms with E-state index in [0.29, 0.717) is 34.9 Å². The Balaban J connectivity index is 1.92. The average Bonchev–Trinajstić information content (AvgIpc) is 2.37. The molecular formula is C15H16ClN3O. The molecule has 1 amide bonds. The highest BCUT2D eigenvalue weighted by Crippen LogP contribution is 2.14. The van der Waals surface area contributed by atoms with Gasteiger partial charge in [-0.3, -0.25) is 4.79 Å². The predicted octanol–water partition coefficient (Wildman–Crippen LogP) is 2.48. The highest BCUT2D eigenvalue weighted by atomic mass is 35.5. The molecule has 0 fully saturated rings. The van der Waals surface area contributed by atoms with Gasteiger partial charge in [-0.1, -0.05) is 23.7 Å². The van der Waals surface area contributed by atoms with E-state index in [1.54, 1.807) is 18.2 Å². The van der Waals surface area contributed by atoms with Gasteiger partial charge in [0.1, 0.15) is 0 Å². The third kappa shape index (κ3) is 3.90. The van der Waals surface area contributed by atoms with Crippen molar-refractivity contribution in [3.63, 3.8) is 0 Å². The van der Waals surface area contributed by atoms with Crippen LogP contribution in [0.2, 0.25) is 5.02 Å². The van der Waals surface area contributed by atoms with E-state index in [4.69, 9.17) is 23.1 Å². The van der Waals surface area contributed by atoms with Crippen LogP contribution < -0.4 is 16.8 Å². The lowest BCUT2D eigenvalue weighted by Gasteiger charge is -2.07. The third-order valence-corrected chi connectivity index (χ3v) is 3.06. The number of nitrogen functional groups attached to an aromatic ring is 2. The lowest BCUT2D eigenvalue weighted by atomic mass is 10.1. The number of carbonyl (C=O) groups excluding carboxylic acids is 1. The number of carbonyl (C=O) groups is 1. The second-order valence-electron chi connectivity index (χ2n) is 4.52. The van der Waals surface area contributed by atoms with E-state index in [1.165, 1.54) is 0 Å². The summed E-state index contributed by atoms with van der Waals surface area (Å²) in [5.74, 6) is -0.189. The number of nitrogens with two attached hydrogens (primary N) is 2. The lowest BCUT2D eigenvalue weighted by molar-refractivity contribution is 0.0954. The minimum Gasteiger partial charge on any atom is -0.399 e. The molecule has 0 saturated heterocycles. The summed E-state index contributed by atoms with van der Waals surface area (Å²) in [6.45, 7) is 0.522. The van der Waals surface area contributed by atoms with E-state index >= 15 is 0 Å². The van der Waals surface area contributed by atoms with Gasteiger partial charge < -0.3 is 16.8 Å². The van der Waals surface area contributed by atoms with Gasteiger partial charge in [0.15, 0.2) is 0 Å². The molecule has 2 aromatic carbocycles. The van der Waals surface area contributed by atoms with Crippen molar-refractivity contribution in [2.24, 2.45) is 0 Å². The maximum absolute atomic E-state index is 12.0. The van der Waals surface area contributed by atoms with Crippen LogP contribution in [0.25, 0.3) is 0 Å². The summed E-state index contributed by atoms with van der Waals surface area (Å²) in [5, 5.41) is 3.52. The molecule has 0 saturated carbocycles. The van der Waals surface area contributed by atoms with Gasteiger partial charge in [-0.05, 0) is 42.3 Å². The van der Waals surface area contributed by atoms with E-state index < -0.39 is 0 Å². The number of nitrogens with one attached hydrogen (secondary N) is 1. The zero-order valence-corrected chi connectivity index (χ0v) is 11.7. The Labute approximate surface area is 122 Å². The highest BCUT2D eigenvalue weighted by Gasteiger charge is 2.06. The summed E-state index contributed by atoms with van der Waals surface area (Å²) in [6.07, 6.45) is 0.712. The first-order valence-electron chi connectivity index (χ1n) is 6.23. The Morgan fingerprint density at radius 3 is 2.45 bits per heavy atom. The Morgan fingerprint density at radius 1 is 1.10 bits per heavy atom. The Hall–Kier alpha value is -2.20. The largest absolute Gasteiger partial charge is 0.399 e. The molecule has 0 aliphatic rings. The zero-order valence-electron chi connectivity index (χ0n) is 10.9. The monoisotopic (exact) mass is 289 g/mol. The molecular weight excluding hydrogens is 274 g/mol. The predicted molar refractivity (Wildman–Crippen MR) is 82.8 cm³/mol. The molecule has 0 aliphatic carbocycles. The molecule has 0 unspecified atom stereocenters. The Morgan fingerprint density at radius 2 is 1.80 bits per heavy atom. The Bertz CT molecular complexity index is 608. The molecule has 104 valence electrons. The van der Waals surface area contributed by atoms with Gasteiger partial charge in [-0.2, -0.15) is 0 Å². The highest BCUT2D eigenvalue weighted by molar-refractivity contribution is 6.30. The van der Waals surface area contributed by atoms with E-state index in [0.717, 1.165) is 5.56 Å². The minimum atomic E-state index is -0.189. The fourth-order valence-electron chi connectivity index (χ4n) is 1.92. The zero-order chi connectivity index (χ0) is 14.5. The number of halogens is 1. The molecule has 20 heavy (non-hydrogen) atoms. The molecule has 0 bridgehead atoms. The van der Waals surface area contributed by atoms with Crippen molar-refractivity contribution in [2.45, 2.75) is 6.42 Å². The minimum absolute atomic E-state index is 0.189. The maximum atomic E-state index is 12.0. The van der Waals surface area contributed by atoms with Gasteiger partial charge in [-0.15, -0.1) is 0 Å².